The fourth-order valence-electron chi connectivity index (χ4n) is 2.40. The number of nitrogens with one attached hydrogen (secondary N) is 1. The highest BCUT2D eigenvalue weighted by Gasteiger charge is 2.11. The van der Waals surface area contributed by atoms with Gasteiger partial charge in [0.25, 0.3) is 0 Å². The lowest BCUT2D eigenvalue weighted by atomic mass is 10.2. The van der Waals surface area contributed by atoms with Crippen molar-refractivity contribution >= 4 is 49.0 Å². The van der Waals surface area contributed by atoms with Crippen molar-refractivity contribution < 1.29 is 13.2 Å². The van der Waals surface area contributed by atoms with Crippen LogP contribution in [-0.4, -0.2) is 32.0 Å². The second-order valence-electron chi connectivity index (χ2n) is 5.81. The number of thioether (sulfide) groups is 1. The largest absolute Gasteiger partial charge is 0.497 e. The van der Waals surface area contributed by atoms with E-state index >= 15 is 0 Å². The van der Waals surface area contributed by atoms with E-state index < -0.39 is 10.0 Å². The van der Waals surface area contributed by atoms with E-state index in [9.17, 15) is 8.42 Å². The van der Waals surface area contributed by atoms with Crippen LogP contribution in [-0.2, 0) is 10.0 Å². The third-order valence-electron chi connectivity index (χ3n) is 3.65. The maximum Gasteiger partial charge on any atom is 0.232 e. The van der Waals surface area contributed by atoms with Gasteiger partial charge in [-0.05, 0) is 43.2 Å². The molecule has 0 radical (unpaired) electrons. The van der Waals surface area contributed by atoms with Gasteiger partial charge in [0.2, 0.25) is 10.0 Å². The van der Waals surface area contributed by atoms with Crippen molar-refractivity contribution in [1.82, 2.24) is 4.98 Å². The predicted molar refractivity (Wildman–Crippen MR) is 110 cm³/mol. The summed E-state index contributed by atoms with van der Waals surface area (Å²) in [7, 11) is -1.83. The number of sulfonamides is 1. The number of rotatable bonds is 8. The minimum Gasteiger partial charge on any atom is -0.497 e. The number of thiazole rings is 1. The van der Waals surface area contributed by atoms with E-state index in [0.717, 1.165) is 14.6 Å². The molecular formula is C18H20N2O3S3. The fourth-order valence-corrected chi connectivity index (χ4v) is 5.76. The minimum atomic E-state index is -3.38. The molecule has 0 spiro atoms. The van der Waals surface area contributed by atoms with Crippen molar-refractivity contribution in [2.75, 3.05) is 23.3 Å². The first kappa shape index (κ1) is 19.0. The summed E-state index contributed by atoms with van der Waals surface area (Å²) in [5.41, 5.74) is 2.71. The molecule has 1 N–H and O–H groups in total. The molecule has 1 aromatic heterocycles. The molecule has 0 fully saturated rings. The Morgan fingerprint density at radius 1 is 1.23 bits per heavy atom. The standard InChI is InChI=1S/C18H20N2O3S3/c1-13-7-8-17-16(11-13)19-18(25-17)24-9-4-10-26(21,22)20-14-5-3-6-15(12-14)23-2/h3,5-8,11-12,20H,4,9-10H2,1-2H3. The maximum absolute atomic E-state index is 12.2. The summed E-state index contributed by atoms with van der Waals surface area (Å²) >= 11 is 3.24. The number of ether oxygens (including phenoxy) is 1. The Kier molecular flexibility index (Phi) is 6.05. The Morgan fingerprint density at radius 2 is 2.08 bits per heavy atom. The Labute approximate surface area is 161 Å². The molecule has 2 aromatic carbocycles. The number of hydrogen-bond acceptors (Lipinski definition) is 6. The summed E-state index contributed by atoms with van der Waals surface area (Å²) in [6.45, 7) is 2.05. The number of benzene rings is 2. The zero-order valence-corrected chi connectivity index (χ0v) is 17.0. The highest BCUT2D eigenvalue weighted by Crippen LogP contribution is 2.30. The number of aromatic nitrogens is 1. The predicted octanol–water partition coefficient (Wildman–Crippen LogP) is 4.54. The van der Waals surface area contributed by atoms with Gasteiger partial charge in [0.15, 0.2) is 4.34 Å². The molecule has 0 saturated heterocycles. The molecule has 1 heterocycles. The topological polar surface area (TPSA) is 68.3 Å². The van der Waals surface area contributed by atoms with Crippen LogP contribution in [0.25, 0.3) is 10.2 Å². The van der Waals surface area contributed by atoms with Gasteiger partial charge in [-0.25, -0.2) is 13.4 Å². The first-order valence-corrected chi connectivity index (χ1v) is 11.6. The van der Waals surface area contributed by atoms with E-state index in [1.54, 1.807) is 54.5 Å². The molecule has 8 heteroatoms. The molecule has 0 aliphatic rings. The summed E-state index contributed by atoms with van der Waals surface area (Å²) in [5, 5.41) is 0. The van der Waals surface area contributed by atoms with Crippen molar-refractivity contribution in [3.8, 4) is 5.75 Å². The zero-order valence-electron chi connectivity index (χ0n) is 14.6. The highest BCUT2D eigenvalue weighted by atomic mass is 32.2. The third kappa shape index (κ3) is 5.12. The van der Waals surface area contributed by atoms with Crippen LogP contribution in [0.5, 0.6) is 5.75 Å². The van der Waals surface area contributed by atoms with Crippen molar-refractivity contribution in [1.29, 1.82) is 0 Å². The van der Waals surface area contributed by atoms with Crippen LogP contribution in [0, 0.1) is 6.92 Å². The number of fused-ring (bicyclic) bond motifs is 1. The molecule has 3 rings (SSSR count). The number of aryl methyl sites for hydroxylation is 1. The molecule has 0 saturated carbocycles. The molecule has 0 atom stereocenters. The van der Waals surface area contributed by atoms with Crippen molar-refractivity contribution in [2.24, 2.45) is 0 Å². The average Bonchev–Trinajstić information content (AvgIpc) is 3.00. The monoisotopic (exact) mass is 408 g/mol. The van der Waals surface area contributed by atoms with Gasteiger partial charge in [-0.2, -0.15) is 0 Å². The molecule has 0 amide bonds. The van der Waals surface area contributed by atoms with Gasteiger partial charge < -0.3 is 4.74 Å². The van der Waals surface area contributed by atoms with Gasteiger partial charge in [0, 0.05) is 11.8 Å². The Morgan fingerprint density at radius 3 is 2.88 bits per heavy atom. The molecule has 0 aliphatic heterocycles. The van der Waals surface area contributed by atoms with E-state index in [2.05, 4.69) is 27.9 Å². The van der Waals surface area contributed by atoms with E-state index in [1.807, 2.05) is 6.92 Å². The van der Waals surface area contributed by atoms with Crippen LogP contribution in [0.15, 0.2) is 46.8 Å². The van der Waals surface area contributed by atoms with Gasteiger partial charge in [-0.1, -0.05) is 23.9 Å². The lowest BCUT2D eigenvalue weighted by molar-refractivity contribution is 0.415. The van der Waals surface area contributed by atoms with Crippen LogP contribution in [0.4, 0.5) is 5.69 Å². The van der Waals surface area contributed by atoms with Crippen LogP contribution in [0.1, 0.15) is 12.0 Å². The van der Waals surface area contributed by atoms with E-state index in [0.29, 0.717) is 23.6 Å². The summed E-state index contributed by atoms with van der Waals surface area (Å²) in [6.07, 6.45) is 0.554. The molecule has 0 bridgehead atoms. The molecule has 26 heavy (non-hydrogen) atoms. The smallest absolute Gasteiger partial charge is 0.232 e. The molecule has 3 aromatic rings. The summed E-state index contributed by atoms with van der Waals surface area (Å²) in [6, 6.07) is 13.1. The van der Waals surface area contributed by atoms with E-state index in [-0.39, 0.29) is 5.75 Å². The second kappa shape index (κ2) is 8.28. The zero-order chi connectivity index (χ0) is 18.6. The normalized spacial score (nSPS) is 11.6. The summed E-state index contributed by atoms with van der Waals surface area (Å²) in [4.78, 5) is 4.60. The SMILES string of the molecule is COc1cccc(NS(=O)(=O)CCCSc2nc3cc(C)ccc3s2)c1. The van der Waals surface area contributed by atoms with Gasteiger partial charge >= 0.3 is 0 Å². The van der Waals surface area contributed by atoms with E-state index in [4.69, 9.17) is 4.74 Å². The van der Waals surface area contributed by atoms with Gasteiger partial charge in [-0.15, -0.1) is 11.3 Å². The first-order valence-electron chi connectivity index (χ1n) is 8.10. The van der Waals surface area contributed by atoms with Crippen LogP contribution < -0.4 is 9.46 Å². The fraction of sp³-hybridized carbons (Fsp3) is 0.278. The lowest BCUT2D eigenvalue weighted by Crippen LogP contribution is -2.17. The van der Waals surface area contributed by atoms with Gasteiger partial charge in [0.05, 0.1) is 28.8 Å². The van der Waals surface area contributed by atoms with Crippen molar-refractivity contribution in [3.05, 3.63) is 48.0 Å². The Hall–Kier alpha value is -1.77. The van der Waals surface area contributed by atoms with E-state index in [1.165, 1.54) is 5.56 Å². The Bertz CT molecular complexity index is 1000. The number of methoxy groups -OCH3 is 1. The average molecular weight is 409 g/mol. The first-order chi connectivity index (χ1) is 12.4. The van der Waals surface area contributed by atoms with Gasteiger partial charge in [-0.3, -0.25) is 4.72 Å². The molecule has 138 valence electrons. The van der Waals surface area contributed by atoms with Crippen LogP contribution >= 0.6 is 23.1 Å². The minimum absolute atomic E-state index is 0.0706. The highest BCUT2D eigenvalue weighted by molar-refractivity contribution is 8.01. The quantitative estimate of drug-likeness (QED) is 0.438. The van der Waals surface area contributed by atoms with Crippen molar-refractivity contribution in [3.63, 3.8) is 0 Å². The molecule has 0 unspecified atom stereocenters. The summed E-state index contributed by atoms with van der Waals surface area (Å²) in [5.74, 6) is 1.39. The third-order valence-corrected chi connectivity index (χ3v) is 7.29. The number of anilines is 1. The molecule has 5 nitrogen and oxygen atoms in total. The Balaban J connectivity index is 1.51. The van der Waals surface area contributed by atoms with Gasteiger partial charge in [0.1, 0.15) is 5.75 Å². The molecular weight excluding hydrogens is 388 g/mol. The lowest BCUT2D eigenvalue weighted by Gasteiger charge is -2.08. The van der Waals surface area contributed by atoms with Crippen LogP contribution in [0.3, 0.4) is 0 Å². The van der Waals surface area contributed by atoms with Crippen molar-refractivity contribution in [2.45, 2.75) is 17.7 Å². The molecule has 0 aliphatic carbocycles. The summed E-state index contributed by atoms with van der Waals surface area (Å²) < 4.78 is 34.3. The number of nitrogens with zero attached hydrogens (tertiary/aromatic N) is 1. The van der Waals surface area contributed by atoms with Crippen LogP contribution in [0.2, 0.25) is 0 Å². The number of hydrogen-bond donors (Lipinski definition) is 1. The maximum atomic E-state index is 12.2. The second-order valence-corrected chi connectivity index (χ2v) is 10.0.